The Labute approximate surface area is 90.1 Å². The molecule has 0 bridgehead atoms. The third kappa shape index (κ3) is 2.40. The van der Waals surface area contributed by atoms with Gasteiger partial charge in [-0.1, -0.05) is 0 Å². The Hall–Kier alpha value is -1.27. The molecule has 0 aliphatic heterocycles. The van der Waals surface area contributed by atoms with Crippen molar-refractivity contribution in [1.29, 1.82) is 5.26 Å². The van der Waals surface area contributed by atoms with E-state index in [1.165, 1.54) is 12.8 Å². The fraction of sp³-hybridized carbons (Fsp3) is 0.583. The summed E-state index contributed by atoms with van der Waals surface area (Å²) in [5, 5.41) is 12.1. The predicted molar refractivity (Wildman–Crippen MR) is 57.0 cm³/mol. The van der Waals surface area contributed by atoms with Crippen LogP contribution in [0.3, 0.4) is 0 Å². The topological polar surface area (TPSA) is 49.0 Å². The molecule has 3 nitrogen and oxygen atoms in total. The van der Waals surface area contributed by atoms with Crippen LogP contribution in [-0.4, -0.2) is 6.54 Å². The summed E-state index contributed by atoms with van der Waals surface area (Å²) in [4.78, 5) is 0. The average molecular weight is 204 g/mol. The van der Waals surface area contributed by atoms with E-state index >= 15 is 0 Å². The number of hydrogen-bond donors (Lipinski definition) is 1. The Morgan fingerprint density at radius 1 is 1.67 bits per heavy atom. The molecule has 15 heavy (non-hydrogen) atoms. The molecule has 1 aromatic rings. The van der Waals surface area contributed by atoms with Crippen LogP contribution in [0.25, 0.3) is 0 Å². The standard InChI is InChI=1S/C12H16N2O/c1-10(11-3-2-8-15-11)14-9-12(4-5-12)6-7-13/h2-3,8,10,14H,4-6,9H2,1H3. The second-order valence-corrected chi connectivity index (χ2v) is 4.45. The highest BCUT2D eigenvalue weighted by atomic mass is 16.3. The van der Waals surface area contributed by atoms with Gasteiger partial charge in [0, 0.05) is 13.0 Å². The summed E-state index contributed by atoms with van der Waals surface area (Å²) in [6.45, 7) is 3.00. The van der Waals surface area contributed by atoms with E-state index in [1.54, 1.807) is 6.26 Å². The van der Waals surface area contributed by atoms with Crippen molar-refractivity contribution in [2.45, 2.75) is 32.2 Å². The van der Waals surface area contributed by atoms with Crippen LogP contribution >= 0.6 is 0 Å². The molecule has 0 aromatic carbocycles. The monoisotopic (exact) mass is 204 g/mol. The first-order valence-electron chi connectivity index (χ1n) is 5.39. The van der Waals surface area contributed by atoms with E-state index in [9.17, 15) is 0 Å². The Balaban J connectivity index is 1.81. The second-order valence-electron chi connectivity index (χ2n) is 4.45. The number of rotatable bonds is 5. The van der Waals surface area contributed by atoms with Gasteiger partial charge in [-0.3, -0.25) is 0 Å². The zero-order chi connectivity index (χ0) is 10.7. The van der Waals surface area contributed by atoms with Gasteiger partial charge >= 0.3 is 0 Å². The van der Waals surface area contributed by atoms with E-state index < -0.39 is 0 Å². The van der Waals surface area contributed by atoms with Gasteiger partial charge in [0.2, 0.25) is 0 Å². The first-order valence-corrected chi connectivity index (χ1v) is 5.39. The third-order valence-electron chi connectivity index (χ3n) is 3.16. The number of nitriles is 1. The lowest BCUT2D eigenvalue weighted by molar-refractivity contribution is 0.385. The molecular formula is C12H16N2O. The minimum absolute atomic E-state index is 0.233. The summed E-state index contributed by atoms with van der Waals surface area (Å²) in [5.74, 6) is 0.961. The van der Waals surface area contributed by atoms with Crippen molar-refractivity contribution in [1.82, 2.24) is 5.32 Å². The Bertz CT molecular complexity index is 346. The highest BCUT2D eigenvalue weighted by Crippen LogP contribution is 2.48. The molecule has 0 spiro atoms. The molecule has 0 amide bonds. The Kier molecular flexibility index (Phi) is 2.79. The van der Waals surface area contributed by atoms with E-state index in [1.807, 2.05) is 12.1 Å². The summed E-state index contributed by atoms with van der Waals surface area (Å²) >= 11 is 0. The molecular weight excluding hydrogens is 188 g/mol. The lowest BCUT2D eigenvalue weighted by Crippen LogP contribution is -2.26. The molecule has 1 atom stereocenters. The van der Waals surface area contributed by atoms with Crippen molar-refractivity contribution < 1.29 is 4.42 Å². The summed E-state index contributed by atoms with van der Waals surface area (Å²) < 4.78 is 5.31. The van der Waals surface area contributed by atoms with Gasteiger partial charge < -0.3 is 9.73 Å². The normalized spacial score (nSPS) is 19.5. The third-order valence-corrected chi connectivity index (χ3v) is 3.16. The van der Waals surface area contributed by atoms with E-state index in [2.05, 4.69) is 18.3 Å². The van der Waals surface area contributed by atoms with Gasteiger partial charge in [-0.15, -0.1) is 0 Å². The zero-order valence-electron chi connectivity index (χ0n) is 8.99. The molecule has 0 radical (unpaired) electrons. The maximum atomic E-state index is 8.69. The molecule has 2 rings (SSSR count). The number of nitrogens with zero attached hydrogens (tertiary/aromatic N) is 1. The second kappa shape index (κ2) is 4.08. The lowest BCUT2D eigenvalue weighted by Gasteiger charge is -2.16. The molecule has 1 aromatic heterocycles. The molecule has 0 saturated heterocycles. The SMILES string of the molecule is CC(NCC1(CC#N)CC1)c1ccco1. The smallest absolute Gasteiger partial charge is 0.120 e. The van der Waals surface area contributed by atoms with Gasteiger partial charge in [-0.05, 0) is 37.3 Å². The molecule has 3 heteroatoms. The maximum Gasteiger partial charge on any atom is 0.120 e. The van der Waals surface area contributed by atoms with E-state index in [0.717, 1.165) is 12.3 Å². The van der Waals surface area contributed by atoms with Crippen LogP contribution in [0.15, 0.2) is 22.8 Å². The maximum absolute atomic E-state index is 8.69. The Morgan fingerprint density at radius 3 is 3.00 bits per heavy atom. The highest BCUT2D eigenvalue weighted by molar-refractivity contribution is 5.05. The Morgan fingerprint density at radius 2 is 2.47 bits per heavy atom. The van der Waals surface area contributed by atoms with Crippen molar-refractivity contribution >= 4 is 0 Å². The molecule has 1 unspecified atom stereocenters. The van der Waals surface area contributed by atoms with E-state index in [-0.39, 0.29) is 11.5 Å². The quantitative estimate of drug-likeness (QED) is 0.802. The van der Waals surface area contributed by atoms with Crippen LogP contribution in [0.4, 0.5) is 0 Å². The zero-order valence-corrected chi connectivity index (χ0v) is 8.99. The molecule has 1 heterocycles. The fourth-order valence-electron chi connectivity index (χ4n) is 1.77. The lowest BCUT2D eigenvalue weighted by atomic mass is 10.0. The van der Waals surface area contributed by atoms with Crippen LogP contribution in [0.1, 0.15) is 38.0 Å². The summed E-state index contributed by atoms with van der Waals surface area (Å²) in [5.41, 5.74) is 0.260. The van der Waals surface area contributed by atoms with Crippen LogP contribution in [0.5, 0.6) is 0 Å². The highest BCUT2D eigenvalue weighted by Gasteiger charge is 2.42. The molecule has 1 N–H and O–H groups in total. The summed E-state index contributed by atoms with van der Waals surface area (Å²) in [6.07, 6.45) is 4.72. The van der Waals surface area contributed by atoms with Crippen molar-refractivity contribution in [3.05, 3.63) is 24.2 Å². The van der Waals surface area contributed by atoms with Crippen LogP contribution in [-0.2, 0) is 0 Å². The molecule has 1 fully saturated rings. The predicted octanol–water partition coefficient (Wildman–Crippen LogP) is 2.62. The number of hydrogen-bond acceptors (Lipinski definition) is 3. The summed E-state index contributed by atoms with van der Waals surface area (Å²) in [6, 6.07) is 6.37. The van der Waals surface area contributed by atoms with Gasteiger partial charge in [0.15, 0.2) is 0 Å². The van der Waals surface area contributed by atoms with Crippen molar-refractivity contribution in [2.75, 3.05) is 6.54 Å². The average Bonchev–Trinajstić information content (AvgIpc) is 2.81. The van der Waals surface area contributed by atoms with Gasteiger partial charge in [0.1, 0.15) is 5.76 Å². The van der Waals surface area contributed by atoms with E-state index in [0.29, 0.717) is 6.42 Å². The van der Waals surface area contributed by atoms with E-state index in [4.69, 9.17) is 9.68 Å². The van der Waals surface area contributed by atoms with Gasteiger partial charge in [0.25, 0.3) is 0 Å². The number of furan rings is 1. The molecule has 1 aliphatic rings. The van der Waals surface area contributed by atoms with Crippen molar-refractivity contribution in [2.24, 2.45) is 5.41 Å². The minimum atomic E-state index is 0.233. The van der Waals surface area contributed by atoms with Gasteiger partial charge in [0.05, 0.1) is 18.4 Å². The van der Waals surface area contributed by atoms with Gasteiger partial charge in [-0.25, -0.2) is 0 Å². The van der Waals surface area contributed by atoms with Crippen molar-refractivity contribution in [3.8, 4) is 6.07 Å². The fourth-order valence-corrected chi connectivity index (χ4v) is 1.77. The van der Waals surface area contributed by atoms with Gasteiger partial charge in [-0.2, -0.15) is 5.26 Å². The summed E-state index contributed by atoms with van der Waals surface area (Å²) in [7, 11) is 0. The molecule has 1 aliphatic carbocycles. The minimum Gasteiger partial charge on any atom is -0.468 e. The number of nitrogens with one attached hydrogen (secondary N) is 1. The van der Waals surface area contributed by atoms with Crippen LogP contribution in [0, 0.1) is 16.7 Å². The first kappa shape index (κ1) is 10.3. The molecule has 80 valence electrons. The van der Waals surface area contributed by atoms with Crippen LogP contribution in [0.2, 0.25) is 0 Å². The van der Waals surface area contributed by atoms with Crippen molar-refractivity contribution in [3.63, 3.8) is 0 Å². The first-order chi connectivity index (χ1) is 7.26. The largest absolute Gasteiger partial charge is 0.468 e. The van der Waals surface area contributed by atoms with Crippen LogP contribution < -0.4 is 5.32 Å². The molecule has 1 saturated carbocycles.